The summed E-state index contributed by atoms with van der Waals surface area (Å²) >= 11 is 0. The van der Waals surface area contributed by atoms with Gasteiger partial charge in [0.2, 0.25) is 0 Å². The number of benzene rings is 9. The SMILES string of the molecule is CC(C)(C)c1ccc(N(c2ccc(C(C)(C)C)cc2)c2ccc3c(c2)C2(c4ccccc4Oc4ccccc42)c2cc(N(c4ccc(C(C)(C)C)cc4)c4ccc(C(C)(C)C)cc4)c4c(oc5ccccc54)c2-3)cc1. The standard InChI is InChI=1S/C71H68N2O2/c1-67(2,3)45-25-33-49(34-26-45)72(50-35-27-46(28-36-50)68(4,5)6)53-41-42-54-58(43-53)71(56-20-14-17-23-62(56)74-63-24-18-15-21-57(63)71)59-44-60(65-55-19-13-16-22-61(55)75-66(65)64(54)59)73(51-37-29-47(30-38-51)69(7,8)9)52-39-31-48(32-40-52)70(10,11)12/h13-44H,1-12H3. The molecule has 10 aromatic rings. The van der Waals surface area contributed by atoms with Crippen molar-refractivity contribution in [2.24, 2.45) is 0 Å². The van der Waals surface area contributed by atoms with Gasteiger partial charge >= 0.3 is 0 Å². The van der Waals surface area contributed by atoms with Gasteiger partial charge in [-0.25, -0.2) is 0 Å². The Labute approximate surface area is 444 Å². The predicted molar refractivity (Wildman–Crippen MR) is 315 cm³/mol. The van der Waals surface area contributed by atoms with Gasteiger partial charge < -0.3 is 19.0 Å². The maximum atomic E-state index is 7.38. The van der Waals surface area contributed by atoms with E-state index in [1.807, 2.05) is 0 Å². The van der Waals surface area contributed by atoms with E-state index in [2.05, 4.69) is 287 Å². The Morgan fingerprint density at radius 1 is 0.360 bits per heavy atom. The quantitative estimate of drug-likeness (QED) is 0.166. The molecule has 2 heterocycles. The van der Waals surface area contributed by atoms with Gasteiger partial charge in [-0.1, -0.05) is 192 Å². The molecule has 0 bridgehead atoms. The molecule has 0 radical (unpaired) electrons. The minimum Gasteiger partial charge on any atom is -0.457 e. The van der Waals surface area contributed by atoms with Crippen molar-refractivity contribution in [3.8, 4) is 22.6 Å². The first kappa shape index (κ1) is 48.1. The van der Waals surface area contributed by atoms with Crippen molar-refractivity contribution in [1.82, 2.24) is 0 Å². The lowest BCUT2D eigenvalue weighted by molar-refractivity contribution is 0.436. The van der Waals surface area contributed by atoms with E-state index in [9.17, 15) is 0 Å². The van der Waals surface area contributed by atoms with E-state index in [1.165, 1.54) is 27.8 Å². The van der Waals surface area contributed by atoms with E-state index in [4.69, 9.17) is 9.15 Å². The molecule has 0 saturated carbocycles. The van der Waals surface area contributed by atoms with Crippen molar-refractivity contribution >= 4 is 56.1 Å². The molecule has 2 aliphatic rings. The summed E-state index contributed by atoms with van der Waals surface area (Å²) in [5.74, 6) is 1.68. The maximum Gasteiger partial charge on any atom is 0.145 e. The second kappa shape index (κ2) is 17.1. The summed E-state index contributed by atoms with van der Waals surface area (Å²) in [4.78, 5) is 4.90. The summed E-state index contributed by atoms with van der Waals surface area (Å²) in [5.41, 5.74) is 19.2. The summed E-state index contributed by atoms with van der Waals surface area (Å²) in [7, 11) is 0. The molecular weight excluding hydrogens is 913 g/mol. The van der Waals surface area contributed by atoms with Crippen molar-refractivity contribution in [2.75, 3.05) is 9.80 Å². The lowest BCUT2D eigenvalue weighted by Crippen LogP contribution is -2.32. The third kappa shape index (κ3) is 7.86. The number of fused-ring (bicyclic) bond motifs is 13. The Bertz CT molecular complexity index is 3650. The largest absolute Gasteiger partial charge is 0.457 e. The molecule has 374 valence electrons. The van der Waals surface area contributed by atoms with Gasteiger partial charge in [0.25, 0.3) is 0 Å². The van der Waals surface area contributed by atoms with Gasteiger partial charge in [0.05, 0.1) is 16.5 Å². The van der Waals surface area contributed by atoms with Crippen LogP contribution in [0.5, 0.6) is 11.5 Å². The first-order chi connectivity index (χ1) is 35.7. The minimum atomic E-state index is -0.830. The molecule has 1 aliphatic heterocycles. The molecule has 12 rings (SSSR count). The number of hydrogen-bond acceptors (Lipinski definition) is 4. The Morgan fingerprint density at radius 2 is 0.760 bits per heavy atom. The number of ether oxygens (including phenoxy) is 1. The van der Waals surface area contributed by atoms with E-state index < -0.39 is 5.41 Å². The predicted octanol–water partition coefficient (Wildman–Crippen LogP) is 20.2. The average Bonchev–Trinajstić information content (AvgIpc) is 3.95. The van der Waals surface area contributed by atoms with Gasteiger partial charge in [-0.05, 0) is 146 Å². The van der Waals surface area contributed by atoms with Gasteiger partial charge in [0.15, 0.2) is 0 Å². The lowest BCUT2D eigenvalue weighted by atomic mass is 9.66. The fourth-order valence-corrected chi connectivity index (χ4v) is 11.9. The zero-order chi connectivity index (χ0) is 52.4. The summed E-state index contributed by atoms with van der Waals surface area (Å²) in [6.45, 7) is 27.4. The molecule has 9 aromatic carbocycles. The number of para-hydroxylation sites is 3. The molecule has 0 unspecified atom stereocenters. The molecular formula is C71H68N2O2. The highest BCUT2D eigenvalue weighted by Crippen LogP contribution is 2.65. The van der Waals surface area contributed by atoms with Gasteiger partial charge in [0, 0.05) is 50.5 Å². The van der Waals surface area contributed by atoms with Crippen LogP contribution < -0.4 is 14.5 Å². The highest BCUT2D eigenvalue weighted by molar-refractivity contribution is 6.19. The highest BCUT2D eigenvalue weighted by Gasteiger charge is 2.53. The van der Waals surface area contributed by atoms with Crippen molar-refractivity contribution < 1.29 is 9.15 Å². The number of rotatable bonds is 6. The van der Waals surface area contributed by atoms with Gasteiger partial charge in [-0.15, -0.1) is 0 Å². The Hall–Kier alpha value is -7.82. The van der Waals surface area contributed by atoms with Crippen LogP contribution in [-0.2, 0) is 27.1 Å². The summed E-state index contributed by atoms with van der Waals surface area (Å²) < 4.78 is 14.3. The van der Waals surface area contributed by atoms with Crippen LogP contribution in [0, 0.1) is 0 Å². The molecule has 75 heavy (non-hydrogen) atoms. The Kier molecular flexibility index (Phi) is 11.0. The molecule has 4 heteroatoms. The summed E-state index contributed by atoms with van der Waals surface area (Å²) in [5, 5.41) is 2.15. The lowest BCUT2D eigenvalue weighted by Gasteiger charge is -2.40. The van der Waals surface area contributed by atoms with E-state index in [0.29, 0.717) is 0 Å². The number of furan rings is 1. The second-order valence-electron chi connectivity index (χ2n) is 25.1. The van der Waals surface area contributed by atoms with Gasteiger partial charge in [-0.3, -0.25) is 0 Å². The molecule has 1 aromatic heterocycles. The average molecular weight is 981 g/mol. The first-order valence-electron chi connectivity index (χ1n) is 26.7. The van der Waals surface area contributed by atoms with Crippen LogP contribution in [0.15, 0.2) is 199 Å². The third-order valence-corrected chi connectivity index (χ3v) is 16.0. The first-order valence-corrected chi connectivity index (χ1v) is 26.7. The molecule has 1 aliphatic carbocycles. The monoisotopic (exact) mass is 981 g/mol. The Balaban J connectivity index is 1.19. The molecule has 0 amide bonds. The van der Waals surface area contributed by atoms with Crippen LogP contribution in [0.3, 0.4) is 0 Å². The molecule has 4 nitrogen and oxygen atoms in total. The van der Waals surface area contributed by atoms with Crippen LogP contribution in [0.2, 0.25) is 0 Å². The maximum absolute atomic E-state index is 7.38. The molecule has 0 atom stereocenters. The minimum absolute atomic E-state index is 0.00938. The van der Waals surface area contributed by atoms with Crippen LogP contribution in [0.25, 0.3) is 33.1 Å². The fraction of sp³-hybridized carbons (Fsp3) is 0.239. The van der Waals surface area contributed by atoms with E-state index in [1.54, 1.807) is 0 Å². The van der Waals surface area contributed by atoms with Crippen molar-refractivity contribution in [3.63, 3.8) is 0 Å². The summed E-state index contributed by atoms with van der Waals surface area (Å²) in [6, 6.07) is 72.3. The topological polar surface area (TPSA) is 28.9 Å². The van der Waals surface area contributed by atoms with Crippen LogP contribution in [-0.4, -0.2) is 0 Å². The van der Waals surface area contributed by atoms with Crippen molar-refractivity contribution in [2.45, 2.75) is 110 Å². The molecule has 0 fully saturated rings. The number of nitrogens with zero attached hydrogens (tertiary/aromatic N) is 2. The number of anilines is 6. The highest BCUT2D eigenvalue weighted by atomic mass is 16.5. The summed E-state index contributed by atoms with van der Waals surface area (Å²) in [6.07, 6.45) is 0. The van der Waals surface area contributed by atoms with Crippen LogP contribution in [0.1, 0.15) is 128 Å². The van der Waals surface area contributed by atoms with Crippen LogP contribution in [0.4, 0.5) is 34.1 Å². The normalized spacial score (nSPS) is 13.8. The van der Waals surface area contributed by atoms with E-state index in [0.717, 1.165) is 95.4 Å². The fourth-order valence-electron chi connectivity index (χ4n) is 11.9. The van der Waals surface area contributed by atoms with E-state index >= 15 is 0 Å². The zero-order valence-corrected chi connectivity index (χ0v) is 45.7. The number of hydrogen-bond donors (Lipinski definition) is 0. The third-order valence-electron chi connectivity index (χ3n) is 16.0. The van der Waals surface area contributed by atoms with Crippen LogP contribution >= 0.6 is 0 Å². The zero-order valence-electron chi connectivity index (χ0n) is 45.7. The van der Waals surface area contributed by atoms with E-state index in [-0.39, 0.29) is 21.7 Å². The van der Waals surface area contributed by atoms with Crippen molar-refractivity contribution in [3.05, 3.63) is 239 Å². The Morgan fingerprint density at radius 3 is 1.21 bits per heavy atom. The van der Waals surface area contributed by atoms with Gasteiger partial charge in [0.1, 0.15) is 22.7 Å². The van der Waals surface area contributed by atoms with Crippen molar-refractivity contribution in [1.29, 1.82) is 0 Å². The molecule has 1 spiro atoms. The second-order valence-corrected chi connectivity index (χ2v) is 25.1. The smallest absolute Gasteiger partial charge is 0.145 e. The van der Waals surface area contributed by atoms with Gasteiger partial charge in [-0.2, -0.15) is 0 Å². The molecule has 0 saturated heterocycles. The molecule has 0 N–H and O–H groups in total.